The molecule has 3 heterocycles. The van der Waals surface area contributed by atoms with Gasteiger partial charge in [-0.3, -0.25) is 0 Å². The molecule has 0 N–H and O–H groups in total. The van der Waals surface area contributed by atoms with E-state index in [9.17, 15) is 0 Å². The number of hydrogen-bond donors (Lipinski definition) is 0. The van der Waals surface area contributed by atoms with Gasteiger partial charge in [0.2, 0.25) is 11.8 Å². The van der Waals surface area contributed by atoms with E-state index in [4.69, 9.17) is 9.15 Å². The maximum atomic E-state index is 5.69. The van der Waals surface area contributed by atoms with Crippen molar-refractivity contribution in [2.24, 2.45) is 0 Å². The van der Waals surface area contributed by atoms with E-state index in [-0.39, 0.29) is 12.1 Å². The summed E-state index contributed by atoms with van der Waals surface area (Å²) in [7, 11) is 1.75. The van der Waals surface area contributed by atoms with Crippen molar-refractivity contribution in [3.63, 3.8) is 0 Å². The van der Waals surface area contributed by atoms with Crippen LogP contribution in [0.5, 0.6) is 0 Å². The van der Waals surface area contributed by atoms with Crippen LogP contribution in [0.25, 0.3) is 0 Å². The van der Waals surface area contributed by atoms with E-state index in [1.54, 1.807) is 13.4 Å². The third-order valence-electron chi connectivity index (χ3n) is 4.80. The van der Waals surface area contributed by atoms with Gasteiger partial charge in [0.1, 0.15) is 18.2 Å². The zero-order valence-corrected chi connectivity index (χ0v) is 13.5. The maximum absolute atomic E-state index is 5.69. The van der Waals surface area contributed by atoms with Crippen LogP contribution in [0.15, 0.2) is 10.7 Å². The summed E-state index contributed by atoms with van der Waals surface area (Å²) in [6.07, 6.45) is 7.12. The Morgan fingerprint density at radius 2 is 2.09 bits per heavy atom. The minimum atomic E-state index is 0.0158. The zero-order valence-electron chi connectivity index (χ0n) is 13.5. The van der Waals surface area contributed by atoms with E-state index in [0.29, 0.717) is 11.8 Å². The second-order valence-corrected chi connectivity index (χ2v) is 6.25. The molecule has 23 heavy (non-hydrogen) atoms. The average Bonchev–Trinajstić information content (AvgIpc) is 3.20. The molecule has 0 unspecified atom stereocenters. The van der Waals surface area contributed by atoms with E-state index in [1.807, 2.05) is 6.92 Å². The van der Waals surface area contributed by atoms with Crippen LogP contribution in [0.2, 0.25) is 0 Å². The topological polar surface area (TPSA) is 77.2 Å². The third kappa shape index (κ3) is 2.59. The van der Waals surface area contributed by atoms with Crippen molar-refractivity contribution in [2.45, 2.75) is 51.2 Å². The van der Waals surface area contributed by atoms with Gasteiger partial charge in [-0.1, -0.05) is 0 Å². The molecule has 0 spiro atoms. The lowest BCUT2D eigenvalue weighted by atomic mass is 9.96. The molecule has 2 aromatic rings. The normalized spacial score (nSPS) is 24.0. The predicted octanol–water partition coefficient (Wildman–Crippen LogP) is 2.01. The first-order chi connectivity index (χ1) is 11.3. The lowest BCUT2D eigenvalue weighted by Gasteiger charge is -2.27. The highest BCUT2D eigenvalue weighted by Gasteiger charge is 2.38. The van der Waals surface area contributed by atoms with Crippen LogP contribution in [0, 0.1) is 6.92 Å². The fraction of sp³-hybridized carbons (Fsp3) is 0.625. The van der Waals surface area contributed by atoms with E-state index in [2.05, 4.69) is 25.1 Å². The molecule has 1 aliphatic carbocycles. The summed E-state index contributed by atoms with van der Waals surface area (Å²) < 4.78 is 11.3. The highest BCUT2D eigenvalue weighted by atomic mass is 16.5. The first-order valence-corrected chi connectivity index (χ1v) is 8.18. The molecule has 122 valence electrons. The van der Waals surface area contributed by atoms with Crippen LogP contribution < -0.4 is 4.90 Å². The molecule has 0 aromatic carbocycles. The second kappa shape index (κ2) is 5.88. The second-order valence-electron chi connectivity index (χ2n) is 6.25. The first-order valence-electron chi connectivity index (χ1n) is 8.18. The molecule has 0 bridgehead atoms. The molecule has 7 heteroatoms. The van der Waals surface area contributed by atoms with Gasteiger partial charge in [0, 0.05) is 38.3 Å². The van der Waals surface area contributed by atoms with Crippen molar-refractivity contribution in [1.82, 2.24) is 20.2 Å². The van der Waals surface area contributed by atoms with Gasteiger partial charge in [-0.15, -0.1) is 10.2 Å². The van der Waals surface area contributed by atoms with Gasteiger partial charge in [0.15, 0.2) is 0 Å². The van der Waals surface area contributed by atoms with Crippen LogP contribution in [-0.4, -0.2) is 39.9 Å². The average molecular weight is 315 g/mol. The Labute approximate surface area is 135 Å². The number of rotatable bonds is 3. The van der Waals surface area contributed by atoms with Crippen molar-refractivity contribution < 1.29 is 9.15 Å². The highest BCUT2D eigenvalue weighted by molar-refractivity contribution is 5.52. The number of methoxy groups -OCH3 is 1. The fourth-order valence-corrected chi connectivity index (χ4v) is 3.63. The standard InChI is InChI=1S/C16H21N5O2/c1-10-19-20-16(23-10)14-7-11(22-2)8-21(14)15-12-5-3-4-6-13(12)17-9-18-15/h9,11,14H,3-8H2,1-2H3/t11-,14-/m1/s1. The van der Waals surface area contributed by atoms with Gasteiger partial charge in [-0.25, -0.2) is 9.97 Å². The monoisotopic (exact) mass is 315 g/mol. The third-order valence-corrected chi connectivity index (χ3v) is 4.80. The molecule has 4 rings (SSSR count). The smallest absolute Gasteiger partial charge is 0.238 e. The number of ether oxygens (including phenoxy) is 1. The summed E-state index contributed by atoms with van der Waals surface area (Å²) in [6, 6.07) is 0.0158. The lowest BCUT2D eigenvalue weighted by Crippen LogP contribution is -2.28. The minimum Gasteiger partial charge on any atom is -0.423 e. The van der Waals surface area contributed by atoms with Crippen LogP contribution >= 0.6 is 0 Å². The largest absolute Gasteiger partial charge is 0.423 e. The summed E-state index contributed by atoms with van der Waals surface area (Å²) in [4.78, 5) is 11.3. The molecule has 2 aromatic heterocycles. The van der Waals surface area contributed by atoms with Crippen LogP contribution in [0.4, 0.5) is 5.82 Å². The molecule has 2 aliphatic rings. The van der Waals surface area contributed by atoms with E-state index in [1.165, 1.54) is 24.1 Å². The number of aromatic nitrogens is 4. The minimum absolute atomic E-state index is 0.0158. The number of nitrogens with zero attached hydrogens (tertiary/aromatic N) is 5. The summed E-state index contributed by atoms with van der Waals surface area (Å²) in [6.45, 7) is 2.60. The fourth-order valence-electron chi connectivity index (χ4n) is 3.63. The Morgan fingerprint density at radius 1 is 1.22 bits per heavy atom. The van der Waals surface area contributed by atoms with E-state index < -0.39 is 0 Å². The van der Waals surface area contributed by atoms with Crippen LogP contribution in [0.1, 0.15) is 48.3 Å². The molecule has 0 saturated carbocycles. The van der Waals surface area contributed by atoms with Gasteiger partial charge in [0.25, 0.3) is 0 Å². The Kier molecular flexibility index (Phi) is 3.72. The zero-order chi connectivity index (χ0) is 15.8. The molecule has 1 saturated heterocycles. The van der Waals surface area contributed by atoms with Gasteiger partial charge in [0.05, 0.1) is 6.10 Å². The Morgan fingerprint density at radius 3 is 2.87 bits per heavy atom. The number of aryl methyl sites for hydroxylation is 2. The number of anilines is 1. The first kappa shape index (κ1) is 14.6. The van der Waals surface area contributed by atoms with Crippen LogP contribution in [-0.2, 0) is 17.6 Å². The lowest BCUT2D eigenvalue weighted by molar-refractivity contribution is 0.117. The summed E-state index contributed by atoms with van der Waals surface area (Å²) in [5, 5.41) is 8.21. The molecular formula is C16H21N5O2. The van der Waals surface area contributed by atoms with Crippen LogP contribution in [0.3, 0.4) is 0 Å². The van der Waals surface area contributed by atoms with Gasteiger partial charge in [-0.2, -0.15) is 0 Å². The Balaban J connectivity index is 1.73. The van der Waals surface area contributed by atoms with Crippen molar-refractivity contribution in [1.29, 1.82) is 0 Å². The summed E-state index contributed by atoms with van der Waals surface area (Å²) in [5.74, 6) is 2.24. The molecule has 2 atom stereocenters. The van der Waals surface area contributed by atoms with Crippen molar-refractivity contribution in [3.8, 4) is 0 Å². The molecule has 7 nitrogen and oxygen atoms in total. The molecule has 1 fully saturated rings. The van der Waals surface area contributed by atoms with Crippen molar-refractivity contribution in [3.05, 3.63) is 29.4 Å². The Bertz CT molecular complexity index is 702. The SMILES string of the molecule is CO[C@@H]1C[C@H](c2nnc(C)o2)N(c2ncnc3c2CCCC3)C1. The van der Waals surface area contributed by atoms with Crippen molar-refractivity contribution >= 4 is 5.82 Å². The molecule has 0 radical (unpaired) electrons. The predicted molar refractivity (Wildman–Crippen MR) is 83.2 cm³/mol. The van der Waals surface area contributed by atoms with Gasteiger partial charge in [-0.05, 0) is 25.7 Å². The number of hydrogen-bond acceptors (Lipinski definition) is 7. The van der Waals surface area contributed by atoms with Gasteiger partial charge < -0.3 is 14.1 Å². The van der Waals surface area contributed by atoms with Gasteiger partial charge >= 0.3 is 0 Å². The molecular weight excluding hydrogens is 294 g/mol. The summed E-state index contributed by atoms with van der Waals surface area (Å²) >= 11 is 0. The molecule has 0 amide bonds. The molecule has 1 aliphatic heterocycles. The summed E-state index contributed by atoms with van der Waals surface area (Å²) in [5.41, 5.74) is 2.46. The van der Waals surface area contributed by atoms with E-state index in [0.717, 1.165) is 31.6 Å². The van der Waals surface area contributed by atoms with E-state index >= 15 is 0 Å². The quantitative estimate of drug-likeness (QED) is 0.857. The number of fused-ring (bicyclic) bond motifs is 1. The highest BCUT2D eigenvalue weighted by Crippen LogP contribution is 2.38. The maximum Gasteiger partial charge on any atom is 0.238 e. The van der Waals surface area contributed by atoms with Crippen molar-refractivity contribution in [2.75, 3.05) is 18.6 Å². The Hall–Kier alpha value is -2.02.